The number of hydrogen-bond acceptors (Lipinski definition) is 6. The van der Waals surface area contributed by atoms with Crippen LogP contribution >= 0.6 is 34.5 Å². The van der Waals surface area contributed by atoms with Crippen molar-refractivity contribution in [2.75, 3.05) is 30.3 Å². The molecule has 0 amide bonds. The summed E-state index contributed by atoms with van der Waals surface area (Å²) in [6.07, 6.45) is 1.06. The highest BCUT2D eigenvalue weighted by Gasteiger charge is 2.34. The molecule has 4 N–H and O–H groups in total. The van der Waals surface area contributed by atoms with Gasteiger partial charge in [-0.25, -0.2) is 4.98 Å². The fourth-order valence-electron chi connectivity index (χ4n) is 3.12. The van der Waals surface area contributed by atoms with Crippen molar-refractivity contribution in [1.29, 1.82) is 0 Å². The number of hydrogen-bond donors (Lipinski definition) is 2. The molecule has 1 atom stereocenters. The van der Waals surface area contributed by atoms with E-state index < -0.39 is 0 Å². The molecule has 1 saturated heterocycles. The summed E-state index contributed by atoms with van der Waals surface area (Å²) in [5.74, 6) is 0.461. The average Bonchev–Trinajstić information content (AvgIpc) is 3.26. The number of halogens is 2. The zero-order valence-electron chi connectivity index (χ0n) is 13.7. The Kier molecular flexibility index (Phi) is 4.07. The molecule has 0 radical (unpaired) electrons. The molecule has 0 spiro atoms. The number of nitrogens with two attached hydrogens (primary N) is 2. The van der Waals surface area contributed by atoms with Crippen molar-refractivity contribution in [3.63, 3.8) is 0 Å². The Morgan fingerprint density at radius 3 is 2.84 bits per heavy atom. The Bertz CT molecular complexity index is 952. The van der Waals surface area contributed by atoms with E-state index >= 15 is 0 Å². The van der Waals surface area contributed by atoms with E-state index in [1.54, 1.807) is 10.6 Å². The van der Waals surface area contributed by atoms with E-state index in [0.29, 0.717) is 33.7 Å². The van der Waals surface area contributed by atoms with E-state index in [9.17, 15) is 0 Å². The predicted molar refractivity (Wildman–Crippen MR) is 105 cm³/mol. The second-order valence-corrected chi connectivity index (χ2v) is 8.43. The number of nitrogens with zero attached hydrogens (tertiary/aromatic N) is 4. The van der Waals surface area contributed by atoms with Crippen LogP contribution < -0.4 is 16.4 Å². The lowest BCUT2D eigenvalue weighted by atomic mass is 9.90. The molecule has 0 bridgehead atoms. The van der Waals surface area contributed by atoms with Crippen LogP contribution in [0.2, 0.25) is 10.0 Å². The predicted octanol–water partition coefficient (Wildman–Crippen LogP) is 3.52. The molecule has 1 aliphatic rings. The van der Waals surface area contributed by atoms with Gasteiger partial charge in [0.25, 0.3) is 0 Å². The van der Waals surface area contributed by atoms with Crippen molar-refractivity contribution in [1.82, 2.24) is 14.6 Å². The number of aromatic nitrogens is 3. The van der Waals surface area contributed by atoms with E-state index in [1.165, 1.54) is 11.3 Å². The maximum absolute atomic E-state index is 6.30. The highest BCUT2D eigenvalue weighted by Crippen LogP contribution is 2.39. The third kappa shape index (κ3) is 2.75. The van der Waals surface area contributed by atoms with Crippen LogP contribution in [0, 0.1) is 5.41 Å². The number of imidazole rings is 1. The first-order valence-electron chi connectivity index (χ1n) is 7.96. The molecule has 0 saturated carbocycles. The van der Waals surface area contributed by atoms with Gasteiger partial charge in [0.15, 0.2) is 5.82 Å². The normalized spacial score (nSPS) is 20.7. The molecule has 9 heteroatoms. The second kappa shape index (κ2) is 6.02. The molecule has 4 rings (SSSR count). The van der Waals surface area contributed by atoms with Gasteiger partial charge < -0.3 is 16.4 Å². The molecular formula is C16H18Cl2N6S. The van der Waals surface area contributed by atoms with Gasteiger partial charge in [-0.15, -0.1) is 5.10 Å². The molecule has 1 unspecified atom stereocenters. The zero-order chi connectivity index (χ0) is 17.8. The van der Waals surface area contributed by atoms with E-state index in [0.717, 1.165) is 29.6 Å². The minimum atomic E-state index is 0.138. The van der Waals surface area contributed by atoms with Gasteiger partial charge in [-0.1, -0.05) is 53.6 Å². The number of anilines is 2. The van der Waals surface area contributed by atoms with Crippen molar-refractivity contribution in [2.24, 2.45) is 11.1 Å². The number of fused-ring (bicyclic) bond motifs is 1. The topological polar surface area (TPSA) is 85.5 Å². The Balaban J connectivity index is 1.72. The van der Waals surface area contributed by atoms with Gasteiger partial charge in [0.1, 0.15) is 5.69 Å². The summed E-state index contributed by atoms with van der Waals surface area (Å²) in [6.45, 7) is 4.72. The van der Waals surface area contributed by atoms with Gasteiger partial charge in [-0.2, -0.15) is 4.52 Å². The van der Waals surface area contributed by atoms with Gasteiger partial charge in [0.05, 0.1) is 10.0 Å². The van der Waals surface area contributed by atoms with Crippen molar-refractivity contribution >= 4 is 50.4 Å². The first kappa shape index (κ1) is 16.9. The molecule has 0 aliphatic carbocycles. The number of rotatable bonds is 3. The van der Waals surface area contributed by atoms with E-state index in [-0.39, 0.29) is 5.41 Å². The lowest BCUT2D eigenvalue weighted by molar-refractivity contribution is 0.383. The first-order valence-corrected chi connectivity index (χ1v) is 9.53. The Morgan fingerprint density at radius 1 is 1.36 bits per heavy atom. The lowest BCUT2D eigenvalue weighted by Gasteiger charge is -2.21. The van der Waals surface area contributed by atoms with Crippen LogP contribution in [0.1, 0.15) is 13.3 Å². The second-order valence-electron chi connectivity index (χ2n) is 6.71. The minimum Gasteiger partial charge on any atom is -0.382 e. The number of nitrogen functional groups attached to an aromatic ring is 1. The van der Waals surface area contributed by atoms with Crippen molar-refractivity contribution in [3.05, 3.63) is 28.2 Å². The average molecular weight is 397 g/mol. The van der Waals surface area contributed by atoms with Crippen LogP contribution in [0.5, 0.6) is 0 Å². The quantitative estimate of drug-likeness (QED) is 0.706. The molecule has 3 heterocycles. The maximum Gasteiger partial charge on any atom is 0.216 e. The van der Waals surface area contributed by atoms with E-state index in [2.05, 4.69) is 21.9 Å². The molecule has 2 aromatic heterocycles. The molecule has 3 aromatic rings. The molecule has 1 aliphatic heterocycles. The zero-order valence-corrected chi connectivity index (χ0v) is 16.0. The summed E-state index contributed by atoms with van der Waals surface area (Å²) >= 11 is 13.9. The van der Waals surface area contributed by atoms with Crippen LogP contribution in [0.25, 0.3) is 16.2 Å². The number of benzene rings is 1. The van der Waals surface area contributed by atoms with Gasteiger partial charge in [-0.3, -0.25) is 0 Å². The van der Waals surface area contributed by atoms with Gasteiger partial charge in [0, 0.05) is 18.7 Å². The Labute approximate surface area is 159 Å². The van der Waals surface area contributed by atoms with Gasteiger partial charge >= 0.3 is 0 Å². The lowest BCUT2D eigenvalue weighted by Crippen LogP contribution is -2.31. The highest BCUT2D eigenvalue weighted by molar-refractivity contribution is 7.20. The SMILES string of the molecule is CC1(CN)CCN(c2nn3c(N)c(-c4cccc(Cl)c4Cl)nc3s2)C1. The summed E-state index contributed by atoms with van der Waals surface area (Å²) in [4.78, 5) is 7.62. The van der Waals surface area contributed by atoms with E-state index in [1.807, 2.05) is 12.1 Å². The van der Waals surface area contributed by atoms with Gasteiger partial charge in [0.2, 0.25) is 10.1 Å². The molecule has 132 valence electrons. The molecule has 1 aromatic carbocycles. The standard InChI is InChI=1S/C16H18Cl2N6S/c1-16(7-19)5-6-23(8-16)15-22-24-13(20)12(21-14(24)25-15)9-3-2-4-10(17)11(9)18/h2-4H,5-8,19-20H2,1H3. The Morgan fingerprint density at radius 2 is 2.16 bits per heavy atom. The summed E-state index contributed by atoms with van der Waals surface area (Å²) < 4.78 is 1.67. The smallest absolute Gasteiger partial charge is 0.216 e. The fraction of sp³-hybridized carbons (Fsp3) is 0.375. The van der Waals surface area contributed by atoms with Crippen molar-refractivity contribution in [2.45, 2.75) is 13.3 Å². The molecule has 25 heavy (non-hydrogen) atoms. The first-order chi connectivity index (χ1) is 11.9. The molecular weight excluding hydrogens is 379 g/mol. The largest absolute Gasteiger partial charge is 0.382 e. The minimum absolute atomic E-state index is 0.138. The summed E-state index contributed by atoms with van der Waals surface area (Å²) in [6, 6.07) is 5.42. The highest BCUT2D eigenvalue weighted by atomic mass is 35.5. The summed E-state index contributed by atoms with van der Waals surface area (Å²) in [5, 5.41) is 6.48. The summed E-state index contributed by atoms with van der Waals surface area (Å²) in [7, 11) is 0. The van der Waals surface area contributed by atoms with Crippen LogP contribution in [0.3, 0.4) is 0 Å². The Hall–Kier alpha value is -1.54. The monoisotopic (exact) mass is 396 g/mol. The molecule has 6 nitrogen and oxygen atoms in total. The third-order valence-corrected chi connectivity index (χ3v) is 6.54. The van der Waals surface area contributed by atoms with E-state index in [4.69, 9.17) is 34.7 Å². The van der Waals surface area contributed by atoms with Crippen LogP contribution in [-0.4, -0.2) is 34.2 Å². The fourth-order valence-corrected chi connectivity index (χ4v) is 4.44. The van der Waals surface area contributed by atoms with Crippen LogP contribution in [0.4, 0.5) is 10.9 Å². The van der Waals surface area contributed by atoms with Gasteiger partial charge in [-0.05, 0) is 24.4 Å². The van der Waals surface area contributed by atoms with Crippen molar-refractivity contribution < 1.29 is 0 Å². The molecule has 1 fully saturated rings. The summed E-state index contributed by atoms with van der Waals surface area (Å²) in [5.41, 5.74) is 13.6. The van der Waals surface area contributed by atoms with Crippen molar-refractivity contribution in [3.8, 4) is 11.3 Å². The van der Waals surface area contributed by atoms with Crippen LogP contribution in [-0.2, 0) is 0 Å². The van der Waals surface area contributed by atoms with Crippen LogP contribution in [0.15, 0.2) is 18.2 Å². The third-order valence-electron chi connectivity index (χ3n) is 4.76. The maximum atomic E-state index is 6.30.